The second kappa shape index (κ2) is 8.24. The van der Waals surface area contributed by atoms with E-state index >= 15 is 0 Å². The van der Waals surface area contributed by atoms with Crippen molar-refractivity contribution in [3.8, 4) is 6.07 Å². The largest absolute Gasteiger partial charge is 0.295 e. The molecule has 1 aromatic rings. The lowest BCUT2D eigenvalue weighted by atomic mass is 9.93. The van der Waals surface area contributed by atoms with Crippen molar-refractivity contribution in [1.29, 1.82) is 5.26 Å². The zero-order chi connectivity index (χ0) is 14.1. The van der Waals surface area contributed by atoms with Gasteiger partial charge in [-0.2, -0.15) is 17.0 Å². The van der Waals surface area contributed by atoms with E-state index in [0.29, 0.717) is 0 Å². The van der Waals surface area contributed by atoms with Gasteiger partial charge < -0.3 is 0 Å². The van der Waals surface area contributed by atoms with Crippen molar-refractivity contribution < 1.29 is 0 Å². The van der Waals surface area contributed by atoms with E-state index < -0.39 is 5.54 Å². The van der Waals surface area contributed by atoms with Crippen molar-refractivity contribution in [2.75, 3.05) is 18.1 Å². The summed E-state index contributed by atoms with van der Waals surface area (Å²) in [6.07, 6.45) is 1.20. The molecule has 0 amide bonds. The van der Waals surface area contributed by atoms with Crippen LogP contribution in [-0.2, 0) is 5.54 Å². The van der Waals surface area contributed by atoms with Gasteiger partial charge in [0.25, 0.3) is 0 Å². The average Bonchev–Trinajstić information content (AvgIpc) is 2.43. The second-order valence-electron chi connectivity index (χ2n) is 5.15. The summed E-state index contributed by atoms with van der Waals surface area (Å²) in [7, 11) is 0. The SMILES string of the molecule is CCNC(C#N)(CSCCC(C)C)c1ccccc1. The van der Waals surface area contributed by atoms with Gasteiger partial charge in [-0.25, -0.2) is 0 Å². The molecule has 0 fully saturated rings. The predicted molar refractivity (Wildman–Crippen MR) is 84.2 cm³/mol. The summed E-state index contributed by atoms with van der Waals surface area (Å²) >= 11 is 1.86. The molecule has 104 valence electrons. The lowest BCUT2D eigenvalue weighted by Gasteiger charge is -2.28. The Balaban J connectivity index is 2.74. The molecule has 1 unspecified atom stereocenters. The number of thioether (sulfide) groups is 1. The minimum Gasteiger partial charge on any atom is -0.295 e. The summed E-state index contributed by atoms with van der Waals surface area (Å²) in [5, 5.41) is 13.0. The van der Waals surface area contributed by atoms with Crippen LogP contribution in [0.4, 0.5) is 0 Å². The summed E-state index contributed by atoms with van der Waals surface area (Å²) in [5.41, 5.74) is 0.508. The van der Waals surface area contributed by atoms with E-state index in [9.17, 15) is 5.26 Å². The molecule has 0 aliphatic carbocycles. The van der Waals surface area contributed by atoms with E-state index in [1.54, 1.807) is 0 Å². The average molecular weight is 276 g/mol. The molecule has 0 radical (unpaired) electrons. The third kappa shape index (κ3) is 4.89. The highest BCUT2D eigenvalue weighted by atomic mass is 32.2. The van der Waals surface area contributed by atoms with Crippen LogP contribution in [0, 0.1) is 17.2 Å². The first-order valence-electron chi connectivity index (χ1n) is 6.94. The number of benzene rings is 1. The third-order valence-corrected chi connectivity index (χ3v) is 4.26. The van der Waals surface area contributed by atoms with Crippen LogP contribution < -0.4 is 5.32 Å². The Morgan fingerprint density at radius 2 is 2.00 bits per heavy atom. The van der Waals surface area contributed by atoms with Crippen molar-refractivity contribution in [1.82, 2.24) is 5.32 Å². The minimum absolute atomic E-state index is 0.558. The molecule has 0 heterocycles. The summed E-state index contributed by atoms with van der Waals surface area (Å²) in [4.78, 5) is 0. The molecule has 0 aromatic heterocycles. The fraction of sp³-hybridized carbons (Fsp3) is 0.562. The molecule has 19 heavy (non-hydrogen) atoms. The summed E-state index contributed by atoms with van der Waals surface area (Å²) < 4.78 is 0. The highest BCUT2D eigenvalue weighted by molar-refractivity contribution is 7.99. The van der Waals surface area contributed by atoms with E-state index in [1.807, 2.05) is 49.0 Å². The van der Waals surface area contributed by atoms with Gasteiger partial charge in [-0.3, -0.25) is 5.32 Å². The van der Waals surface area contributed by atoms with Gasteiger partial charge in [-0.15, -0.1) is 0 Å². The smallest absolute Gasteiger partial charge is 0.141 e. The minimum atomic E-state index is -0.558. The predicted octanol–water partition coefficient (Wildman–Crippen LogP) is 3.79. The van der Waals surface area contributed by atoms with Crippen LogP contribution in [0.2, 0.25) is 0 Å². The number of nitrogens with zero attached hydrogens (tertiary/aromatic N) is 1. The fourth-order valence-corrected chi connectivity index (χ4v) is 3.36. The van der Waals surface area contributed by atoms with Gasteiger partial charge in [0.2, 0.25) is 0 Å². The molecule has 2 nitrogen and oxygen atoms in total. The van der Waals surface area contributed by atoms with Crippen LogP contribution in [0.25, 0.3) is 0 Å². The highest BCUT2D eigenvalue weighted by Crippen LogP contribution is 2.26. The van der Waals surface area contributed by atoms with E-state index in [-0.39, 0.29) is 0 Å². The maximum atomic E-state index is 9.64. The lowest BCUT2D eigenvalue weighted by molar-refractivity contribution is 0.490. The number of hydrogen-bond acceptors (Lipinski definition) is 3. The number of nitriles is 1. The van der Waals surface area contributed by atoms with Crippen LogP contribution in [0.1, 0.15) is 32.8 Å². The Hall–Kier alpha value is -0.980. The number of hydrogen-bond donors (Lipinski definition) is 1. The van der Waals surface area contributed by atoms with Gasteiger partial charge in [0.15, 0.2) is 0 Å². The van der Waals surface area contributed by atoms with Gasteiger partial charge in [-0.05, 0) is 30.2 Å². The fourth-order valence-electron chi connectivity index (χ4n) is 1.94. The van der Waals surface area contributed by atoms with Gasteiger partial charge >= 0.3 is 0 Å². The Kier molecular flexibility index (Phi) is 6.97. The summed E-state index contributed by atoms with van der Waals surface area (Å²) in [5.74, 6) is 2.63. The van der Waals surface area contributed by atoms with Crippen LogP contribution >= 0.6 is 11.8 Å². The zero-order valence-electron chi connectivity index (χ0n) is 12.1. The van der Waals surface area contributed by atoms with Crippen LogP contribution in [0.5, 0.6) is 0 Å². The molecule has 0 saturated heterocycles. The van der Waals surface area contributed by atoms with Gasteiger partial charge in [0, 0.05) is 5.75 Å². The van der Waals surface area contributed by atoms with Crippen LogP contribution in [0.15, 0.2) is 30.3 Å². The van der Waals surface area contributed by atoms with E-state index in [1.165, 1.54) is 6.42 Å². The molecule has 0 saturated carbocycles. The van der Waals surface area contributed by atoms with Gasteiger partial charge in [0.05, 0.1) is 6.07 Å². The van der Waals surface area contributed by atoms with Crippen LogP contribution in [-0.4, -0.2) is 18.1 Å². The number of rotatable bonds is 8. The van der Waals surface area contributed by atoms with Crippen LogP contribution in [0.3, 0.4) is 0 Å². The Morgan fingerprint density at radius 3 is 2.53 bits per heavy atom. The zero-order valence-corrected chi connectivity index (χ0v) is 13.0. The van der Waals surface area contributed by atoms with E-state index in [0.717, 1.165) is 29.5 Å². The quantitative estimate of drug-likeness (QED) is 0.734. The van der Waals surface area contributed by atoms with Crippen molar-refractivity contribution in [2.24, 2.45) is 5.92 Å². The monoisotopic (exact) mass is 276 g/mol. The highest BCUT2D eigenvalue weighted by Gasteiger charge is 2.30. The molecular formula is C16H24N2S. The maximum absolute atomic E-state index is 9.64. The first kappa shape index (κ1) is 16.1. The topological polar surface area (TPSA) is 35.8 Å². The first-order valence-corrected chi connectivity index (χ1v) is 8.09. The molecule has 0 bridgehead atoms. The molecule has 1 aromatic carbocycles. The van der Waals surface area contributed by atoms with Crippen molar-refractivity contribution in [3.05, 3.63) is 35.9 Å². The first-order chi connectivity index (χ1) is 9.14. The molecule has 3 heteroatoms. The molecular weight excluding hydrogens is 252 g/mol. The summed E-state index contributed by atoms with van der Waals surface area (Å²) in [6, 6.07) is 12.5. The Labute approximate surface area is 121 Å². The third-order valence-electron chi connectivity index (χ3n) is 3.09. The van der Waals surface area contributed by atoms with Gasteiger partial charge in [0.1, 0.15) is 5.54 Å². The van der Waals surface area contributed by atoms with Crippen molar-refractivity contribution >= 4 is 11.8 Å². The molecule has 1 N–H and O–H groups in total. The van der Waals surface area contributed by atoms with E-state index in [2.05, 4.69) is 25.2 Å². The standard InChI is InChI=1S/C16H24N2S/c1-4-18-16(12-17,13-19-11-10-14(2)3)15-8-6-5-7-9-15/h5-9,14,18H,4,10-11,13H2,1-3H3. The molecule has 0 spiro atoms. The summed E-state index contributed by atoms with van der Waals surface area (Å²) in [6.45, 7) is 7.32. The molecule has 0 aliphatic heterocycles. The van der Waals surface area contributed by atoms with Gasteiger partial charge in [-0.1, -0.05) is 51.1 Å². The van der Waals surface area contributed by atoms with E-state index in [4.69, 9.17) is 0 Å². The van der Waals surface area contributed by atoms with Crippen molar-refractivity contribution in [3.63, 3.8) is 0 Å². The maximum Gasteiger partial charge on any atom is 0.141 e. The normalized spacial score (nSPS) is 14.1. The number of nitrogens with one attached hydrogen (secondary N) is 1. The molecule has 0 aliphatic rings. The Morgan fingerprint density at radius 1 is 1.32 bits per heavy atom. The lowest BCUT2D eigenvalue weighted by Crippen LogP contribution is -2.43. The van der Waals surface area contributed by atoms with Crippen molar-refractivity contribution in [2.45, 2.75) is 32.7 Å². The molecule has 1 rings (SSSR count). The molecule has 1 atom stereocenters. The second-order valence-corrected chi connectivity index (χ2v) is 6.25. The Bertz CT molecular complexity index is 397.